The number of rotatable bonds is 11. The molecule has 3 aliphatic carbocycles. The van der Waals surface area contributed by atoms with Crippen molar-refractivity contribution in [3.8, 4) is 0 Å². The van der Waals surface area contributed by atoms with Gasteiger partial charge in [-0.2, -0.15) is 0 Å². The number of amides is 1. The standard InChI is InChI=1S/C45H50N2O14.2Ac/c1-24-30(60-41(53)36(50)34(46-25(2)48)27-12-8-6-9-13-27)21-45(55)39(61-40(52)28-14-10-7-11-15-28)37-43(5,38(51)35(49)33(24)42(45,3)4)31(20-32-44(37,54)23-59-32)58-22-26-16-18-29(19-17-26)47(56)57;;/h6-19,30-32,34-37,39,49-50,54-55H,20-23H2,1-5H3,(H,46,48);;/t30?,31?,32?,34?,35?,36?,37?,39?,43-,44?,45?;;/m1../s1. The number of aliphatic hydroxyl groups excluding tert-OH is 2. The van der Waals surface area contributed by atoms with Crippen molar-refractivity contribution in [1.82, 2.24) is 5.32 Å². The summed E-state index contributed by atoms with van der Waals surface area (Å²) in [5, 5.41) is 63.9. The average molecular weight is 1300 g/mol. The Morgan fingerprint density at radius 1 is 0.952 bits per heavy atom. The van der Waals surface area contributed by atoms with Crippen LogP contribution in [-0.4, -0.2) is 103 Å². The zero-order valence-corrected chi connectivity index (χ0v) is 45.0. The fraction of sp³-hybridized carbons (Fsp3) is 0.467. The maximum Gasteiger partial charge on any atom is 0.338 e. The molecule has 7 rings (SSSR count). The van der Waals surface area contributed by atoms with E-state index >= 15 is 4.79 Å². The molecule has 4 aliphatic rings. The van der Waals surface area contributed by atoms with Crippen molar-refractivity contribution in [2.45, 2.75) is 108 Å². The van der Waals surface area contributed by atoms with Gasteiger partial charge in [0.1, 0.15) is 29.5 Å². The van der Waals surface area contributed by atoms with E-state index in [9.17, 15) is 44.9 Å². The molecule has 1 aliphatic heterocycles. The van der Waals surface area contributed by atoms with Crippen LogP contribution in [0.3, 0.4) is 0 Å². The number of non-ortho nitro benzene ring substituents is 1. The van der Waals surface area contributed by atoms with Crippen LogP contribution < -0.4 is 5.32 Å². The van der Waals surface area contributed by atoms with Crippen LogP contribution in [0.25, 0.3) is 0 Å². The molecule has 0 spiro atoms. The average Bonchev–Trinajstić information content (AvgIpc) is 3.23. The quantitative estimate of drug-likeness (QED) is 0.0801. The van der Waals surface area contributed by atoms with Gasteiger partial charge < -0.3 is 44.7 Å². The molecule has 3 aromatic carbocycles. The maximum atomic E-state index is 15.3. The molecule has 2 saturated carbocycles. The van der Waals surface area contributed by atoms with E-state index < -0.39 is 106 Å². The minimum Gasteiger partial charge on any atom is -0.456 e. The molecule has 2 radical (unpaired) electrons. The van der Waals surface area contributed by atoms with Crippen LogP contribution in [0.2, 0.25) is 0 Å². The SMILES string of the molecule is CC(=O)NC(c1ccccc1)C(O)C(=O)OC1CC2(O)C(OC(=O)c3ccccc3)C3C4(O)COC4CC(OCc4ccc([N+](=O)[O-])cc4)[C@@]3(C)C(=O)C(O)C(=C1C)C2(C)C.[Ac].[Ac]. The van der Waals surface area contributed by atoms with Gasteiger partial charge in [-0.15, -0.1) is 0 Å². The number of hydrogen-bond donors (Lipinski definition) is 5. The van der Waals surface area contributed by atoms with Gasteiger partial charge in [-0.1, -0.05) is 62.4 Å². The monoisotopic (exact) mass is 1300 g/mol. The second-order valence-electron chi connectivity index (χ2n) is 17.3. The van der Waals surface area contributed by atoms with E-state index in [-0.39, 0.29) is 130 Å². The minimum atomic E-state index is -2.33. The van der Waals surface area contributed by atoms with Gasteiger partial charge in [-0.3, -0.25) is 19.7 Å². The van der Waals surface area contributed by atoms with E-state index in [2.05, 4.69) is 5.32 Å². The third kappa shape index (κ3) is 9.17. The molecule has 11 atom stereocenters. The van der Waals surface area contributed by atoms with Crippen molar-refractivity contribution in [2.24, 2.45) is 16.7 Å². The number of fused-ring (bicyclic) bond motifs is 5. The summed E-state index contributed by atoms with van der Waals surface area (Å²) in [6, 6.07) is 20.5. The number of nitro groups is 1. The van der Waals surface area contributed by atoms with E-state index in [1.807, 2.05) is 0 Å². The minimum absolute atomic E-state index is 0. The van der Waals surface area contributed by atoms with Crippen LogP contribution >= 0.6 is 0 Å². The summed E-state index contributed by atoms with van der Waals surface area (Å²) in [5.74, 6) is -4.99. The molecule has 16 nitrogen and oxygen atoms in total. The van der Waals surface area contributed by atoms with Crippen molar-refractivity contribution in [3.05, 3.63) is 123 Å². The van der Waals surface area contributed by atoms with Crippen molar-refractivity contribution in [1.29, 1.82) is 0 Å². The summed E-state index contributed by atoms with van der Waals surface area (Å²) >= 11 is 0. The van der Waals surface area contributed by atoms with E-state index in [0.717, 1.165) is 0 Å². The molecule has 1 heterocycles. The van der Waals surface area contributed by atoms with Gasteiger partial charge in [-0.05, 0) is 60.4 Å². The number of nitrogens with one attached hydrogen (secondary N) is 1. The van der Waals surface area contributed by atoms with Gasteiger partial charge >= 0.3 is 11.9 Å². The number of benzene rings is 3. The molecule has 330 valence electrons. The fourth-order valence-electron chi connectivity index (χ4n) is 10.1. The predicted octanol–water partition coefficient (Wildman–Crippen LogP) is 3.43. The summed E-state index contributed by atoms with van der Waals surface area (Å²) in [4.78, 5) is 66.5. The third-order valence-corrected chi connectivity index (χ3v) is 13.5. The Balaban J connectivity index is 0.00000374. The maximum absolute atomic E-state index is 15.3. The molecular formula is C45H50Ac2N2O14. The Morgan fingerprint density at radius 2 is 1.56 bits per heavy atom. The Hall–Kier alpha value is -2.48. The molecule has 5 N–H and O–H groups in total. The van der Waals surface area contributed by atoms with Gasteiger partial charge in [0, 0.05) is 131 Å². The molecule has 18 heteroatoms. The van der Waals surface area contributed by atoms with Crippen molar-refractivity contribution in [2.75, 3.05) is 6.61 Å². The summed E-state index contributed by atoms with van der Waals surface area (Å²) in [7, 11) is 0. The Morgan fingerprint density at radius 3 is 2.11 bits per heavy atom. The summed E-state index contributed by atoms with van der Waals surface area (Å²) < 4.78 is 24.7. The number of aliphatic hydroxyl groups is 4. The van der Waals surface area contributed by atoms with Crippen molar-refractivity contribution >= 4 is 29.3 Å². The summed E-state index contributed by atoms with van der Waals surface area (Å²) in [6.07, 6.45) is -9.84. The summed E-state index contributed by atoms with van der Waals surface area (Å²) in [5.41, 5.74) is -6.78. The third-order valence-electron chi connectivity index (χ3n) is 13.5. The van der Waals surface area contributed by atoms with Crippen LogP contribution in [0, 0.1) is 115 Å². The first-order valence-corrected chi connectivity index (χ1v) is 20.1. The number of ether oxygens (including phenoxy) is 4. The number of carbonyl (C=O) groups is 4. The molecular weight excluding hydrogens is 1250 g/mol. The molecule has 1 amide bonds. The molecule has 10 unspecified atom stereocenters. The normalized spacial score (nSPS) is 31.3. The molecule has 1 saturated heterocycles. The first-order valence-electron chi connectivity index (χ1n) is 20.1. The zero-order chi connectivity index (χ0) is 44.2. The van der Waals surface area contributed by atoms with E-state index in [4.69, 9.17) is 18.9 Å². The van der Waals surface area contributed by atoms with E-state index in [0.29, 0.717) is 11.1 Å². The topological polar surface area (TPSA) is 241 Å². The van der Waals surface area contributed by atoms with Crippen molar-refractivity contribution < 1.29 is 152 Å². The van der Waals surface area contributed by atoms with Gasteiger partial charge in [0.2, 0.25) is 5.91 Å². The smallest absolute Gasteiger partial charge is 0.338 e. The van der Waals surface area contributed by atoms with Crippen LogP contribution in [0.1, 0.15) is 75.0 Å². The Bertz CT molecular complexity index is 2240. The first kappa shape index (κ1) is 51.5. The number of hydrogen-bond acceptors (Lipinski definition) is 14. The van der Waals surface area contributed by atoms with Gasteiger partial charge in [0.05, 0.1) is 47.4 Å². The number of Topliss-reactive ketones (excluding diaryl/α,β-unsaturated/α-hetero) is 1. The molecule has 3 fully saturated rings. The number of esters is 2. The second-order valence-corrected chi connectivity index (χ2v) is 17.3. The van der Waals surface area contributed by atoms with Crippen LogP contribution in [0.5, 0.6) is 0 Å². The predicted molar refractivity (Wildman–Crippen MR) is 214 cm³/mol. The Labute approximate surface area is 435 Å². The van der Waals surface area contributed by atoms with Gasteiger partial charge in [0.15, 0.2) is 11.9 Å². The molecule has 63 heavy (non-hydrogen) atoms. The number of ketones is 1. The molecule has 3 aromatic rings. The van der Waals surface area contributed by atoms with E-state index in [1.54, 1.807) is 62.4 Å². The van der Waals surface area contributed by atoms with Crippen LogP contribution in [0.4, 0.5) is 5.69 Å². The van der Waals surface area contributed by atoms with Gasteiger partial charge in [-0.25, -0.2) is 9.59 Å². The zero-order valence-electron chi connectivity index (χ0n) is 35.5. The largest absolute Gasteiger partial charge is 0.456 e. The second kappa shape index (κ2) is 19.8. The van der Waals surface area contributed by atoms with Crippen molar-refractivity contribution in [3.63, 3.8) is 0 Å². The molecule has 2 bridgehead atoms. The fourth-order valence-corrected chi connectivity index (χ4v) is 10.1. The molecule has 0 aromatic heterocycles. The summed E-state index contributed by atoms with van der Waals surface area (Å²) in [6.45, 7) is 6.88. The number of carbonyl (C=O) groups excluding carboxylic acids is 4. The number of nitrogens with zero attached hydrogens (tertiary/aromatic N) is 1. The first-order chi connectivity index (χ1) is 28.7. The number of nitro benzene ring substituents is 1. The Kier molecular flexibility index (Phi) is 16.2. The van der Waals surface area contributed by atoms with Crippen LogP contribution in [-0.2, 0) is 39.9 Å². The van der Waals surface area contributed by atoms with E-state index in [1.165, 1.54) is 57.2 Å². The van der Waals surface area contributed by atoms with Gasteiger partial charge in [0.25, 0.3) is 5.69 Å². The van der Waals surface area contributed by atoms with Crippen LogP contribution in [0.15, 0.2) is 96.1 Å².